The molecule has 0 radical (unpaired) electrons. The number of likely N-dealkylation sites (tertiary alicyclic amines) is 1. The van der Waals surface area contributed by atoms with Gasteiger partial charge in [-0.25, -0.2) is 19.7 Å². The summed E-state index contributed by atoms with van der Waals surface area (Å²) in [6.07, 6.45) is 10.2. The summed E-state index contributed by atoms with van der Waals surface area (Å²) in [5.74, 6) is 1.38. The second-order valence-corrected chi connectivity index (χ2v) is 21.6. The maximum atomic E-state index is 12.6. The SMILES string of the molecule is CC(C)(O)CCOc1ccc(-c2cn(-c3ccccc3)c3nc[nH]c(=O)c23)cc1.CC(O)COc1ccc(-c2cn(-c3ccccc3)c3nc[nH]c(=O)c23)cc1.O=C(Nc1ccc(-c2cn(-c3ccccc3)c3nc[nH]c(=O)c23)cc1)N1CCC(O)C1. The molecule has 2 amide bonds. The van der Waals surface area contributed by atoms with Crippen molar-refractivity contribution in [1.29, 1.82) is 0 Å². The van der Waals surface area contributed by atoms with Gasteiger partial charge in [0.15, 0.2) is 16.9 Å². The molecule has 7 N–H and O–H groups in total. The molecule has 1 saturated heterocycles. The highest BCUT2D eigenvalue weighted by molar-refractivity contribution is 5.97. The second kappa shape index (κ2) is 25.7. The van der Waals surface area contributed by atoms with Gasteiger partial charge >= 0.3 is 6.03 Å². The Morgan fingerprint density at radius 3 is 1.32 bits per heavy atom. The van der Waals surface area contributed by atoms with E-state index in [-0.39, 0.29) is 29.3 Å². The molecule has 0 saturated carbocycles. The molecule has 20 nitrogen and oxygen atoms in total. The van der Waals surface area contributed by atoms with Crippen LogP contribution >= 0.6 is 0 Å². The van der Waals surface area contributed by atoms with Crippen molar-refractivity contribution in [2.24, 2.45) is 0 Å². The number of nitrogens with zero attached hydrogens (tertiary/aromatic N) is 7. The van der Waals surface area contributed by atoms with E-state index in [1.807, 2.05) is 184 Å². The number of aliphatic hydroxyl groups is 3. The lowest BCUT2D eigenvalue weighted by molar-refractivity contribution is 0.0553. The number of anilines is 1. The fourth-order valence-electron chi connectivity index (χ4n) is 10.2. The van der Waals surface area contributed by atoms with Crippen LogP contribution in [-0.2, 0) is 0 Å². The first-order valence-electron chi connectivity index (χ1n) is 28.3. The van der Waals surface area contributed by atoms with Crippen molar-refractivity contribution in [1.82, 2.24) is 48.5 Å². The highest BCUT2D eigenvalue weighted by Gasteiger charge is 2.25. The molecule has 0 bridgehead atoms. The third kappa shape index (κ3) is 13.3. The van der Waals surface area contributed by atoms with Gasteiger partial charge in [0.2, 0.25) is 0 Å². The Morgan fingerprint density at radius 2 is 0.966 bits per heavy atom. The van der Waals surface area contributed by atoms with E-state index in [9.17, 15) is 34.5 Å². The van der Waals surface area contributed by atoms with Crippen molar-refractivity contribution in [3.05, 3.63) is 232 Å². The fourth-order valence-corrected chi connectivity index (χ4v) is 10.2. The standard InChI is InChI=1S/C23H21N5O3.C23H23N3O3.C21H19N3O3/c29-18-10-11-27(12-18)23(31)26-16-8-6-15(7-9-16)19-13-28(17-4-2-1-3-5-17)21-20(19)22(30)25-14-24-21;1-23(2,28)12-13-29-18-10-8-16(9-11-18)19-14-26(17-6-4-3-5-7-17)21-20(19)22(27)25-15-24-21;1-14(25)12-27-17-9-7-15(8-10-17)18-11-24(16-5-3-2-4-6-16)20-19(18)21(26)23-13-22-20/h1-9,13-14,18,29H,10-12H2,(H,26,31)(H,24,25,30);3-11,14-15,28H,12-13H2,1-2H3,(H,24,25,27);2-11,13-14,25H,12H2,1H3,(H,22,23,26). The summed E-state index contributed by atoms with van der Waals surface area (Å²) in [4.78, 5) is 72.8. The van der Waals surface area contributed by atoms with Crippen LogP contribution in [0.4, 0.5) is 10.5 Å². The van der Waals surface area contributed by atoms with Crippen molar-refractivity contribution >= 4 is 44.8 Å². The Bertz CT molecular complexity index is 4490. The minimum atomic E-state index is -0.757. The predicted octanol–water partition coefficient (Wildman–Crippen LogP) is 10.0. The highest BCUT2D eigenvalue weighted by atomic mass is 16.5. The number of hydrogen-bond acceptors (Lipinski definition) is 12. The van der Waals surface area contributed by atoms with E-state index in [0.717, 1.165) is 56.2 Å². The Labute approximate surface area is 498 Å². The molecule has 0 spiro atoms. The average molecular weight is 1170 g/mol. The Kier molecular flexibility index (Phi) is 17.1. The summed E-state index contributed by atoms with van der Waals surface area (Å²) in [5.41, 5.74) is 8.89. The number of H-pyrrole nitrogens is 3. The molecule has 1 fully saturated rings. The number of urea groups is 1. The van der Waals surface area contributed by atoms with E-state index in [1.54, 1.807) is 37.8 Å². The normalized spacial score (nSPS) is 13.4. The molecular weight excluding hydrogens is 1100 g/mol. The van der Waals surface area contributed by atoms with E-state index in [0.29, 0.717) is 77.1 Å². The zero-order valence-electron chi connectivity index (χ0n) is 47.9. The first-order valence-corrected chi connectivity index (χ1v) is 28.3. The van der Waals surface area contributed by atoms with Gasteiger partial charge in [-0.15, -0.1) is 0 Å². The van der Waals surface area contributed by atoms with Gasteiger partial charge in [-0.3, -0.25) is 14.4 Å². The van der Waals surface area contributed by atoms with Crippen molar-refractivity contribution in [3.8, 4) is 61.9 Å². The number of para-hydroxylation sites is 3. The summed E-state index contributed by atoms with van der Waals surface area (Å²) >= 11 is 0. The van der Waals surface area contributed by atoms with Gasteiger partial charge in [-0.05, 0) is 117 Å². The molecule has 1 aliphatic rings. The number of rotatable bonds is 14. The summed E-state index contributed by atoms with van der Waals surface area (Å²) in [6, 6.07) is 51.5. The third-order valence-electron chi connectivity index (χ3n) is 14.6. The molecule has 0 aliphatic carbocycles. The molecule has 2 atom stereocenters. The van der Waals surface area contributed by atoms with E-state index < -0.39 is 17.8 Å². The minimum absolute atomic E-state index is 0.176. The monoisotopic (exact) mass is 1170 g/mol. The lowest BCUT2D eigenvalue weighted by Gasteiger charge is -2.17. The number of amides is 2. The number of carbonyl (C=O) groups excluding carboxylic acids is 1. The van der Waals surface area contributed by atoms with Crippen LogP contribution in [0.3, 0.4) is 0 Å². The Morgan fingerprint density at radius 1 is 0.586 bits per heavy atom. The number of carbonyl (C=O) groups is 1. The molecule has 2 unspecified atom stereocenters. The van der Waals surface area contributed by atoms with Crippen LogP contribution < -0.4 is 31.5 Å². The van der Waals surface area contributed by atoms with Gasteiger partial charge in [0.1, 0.15) is 18.1 Å². The first-order chi connectivity index (χ1) is 42.2. The number of aromatic amines is 3. The third-order valence-corrected chi connectivity index (χ3v) is 14.6. The lowest BCUT2D eigenvalue weighted by Crippen LogP contribution is -2.33. The van der Waals surface area contributed by atoms with Gasteiger partial charge < -0.3 is 63.7 Å². The van der Waals surface area contributed by atoms with Gasteiger partial charge in [0, 0.05) is 77.5 Å². The van der Waals surface area contributed by atoms with Gasteiger partial charge in [0.25, 0.3) is 16.7 Å². The second-order valence-electron chi connectivity index (χ2n) is 21.6. The topological polar surface area (TPSA) is 264 Å². The number of aliphatic hydroxyl groups excluding tert-OH is 2. The Balaban J connectivity index is 0.000000136. The summed E-state index contributed by atoms with van der Waals surface area (Å²) < 4.78 is 17.0. The molecule has 7 heterocycles. The summed E-state index contributed by atoms with van der Waals surface area (Å²) in [5, 5.41) is 33.2. The fraction of sp³-hybridized carbons (Fsp3) is 0.179. The predicted molar refractivity (Wildman–Crippen MR) is 336 cm³/mol. The molecule has 6 aromatic carbocycles. The van der Waals surface area contributed by atoms with Crippen LogP contribution in [0.5, 0.6) is 11.5 Å². The number of fused-ring (bicyclic) bond motifs is 3. The van der Waals surface area contributed by atoms with Crippen molar-refractivity contribution in [2.75, 3.05) is 31.6 Å². The van der Waals surface area contributed by atoms with Crippen molar-refractivity contribution in [2.45, 2.75) is 51.4 Å². The van der Waals surface area contributed by atoms with E-state index >= 15 is 0 Å². The number of aromatic nitrogens is 9. The van der Waals surface area contributed by atoms with Crippen LogP contribution in [0, 0.1) is 0 Å². The highest BCUT2D eigenvalue weighted by Crippen LogP contribution is 2.34. The van der Waals surface area contributed by atoms with Gasteiger partial charge in [-0.2, -0.15) is 0 Å². The molecule has 13 rings (SSSR count). The van der Waals surface area contributed by atoms with E-state index in [2.05, 4.69) is 35.2 Å². The number of nitrogens with one attached hydrogen (secondary N) is 4. The molecule has 1 aliphatic heterocycles. The molecule has 12 aromatic rings. The number of ether oxygens (including phenoxy) is 2. The number of benzene rings is 6. The van der Waals surface area contributed by atoms with E-state index in [4.69, 9.17) is 9.47 Å². The lowest BCUT2D eigenvalue weighted by atomic mass is 10.1. The van der Waals surface area contributed by atoms with Crippen molar-refractivity contribution in [3.63, 3.8) is 0 Å². The molecule has 20 heteroatoms. The van der Waals surface area contributed by atoms with E-state index in [1.165, 1.54) is 19.0 Å². The van der Waals surface area contributed by atoms with Crippen LogP contribution in [-0.4, -0.2) is 114 Å². The summed E-state index contributed by atoms with van der Waals surface area (Å²) in [7, 11) is 0. The van der Waals surface area contributed by atoms with Crippen LogP contribution in [0.15, 0.2) is 216 Å². The van der Waals surface area contributed by atoms with Gasteiger partial charge in [-0.1, -0.05) is 91.0 Å². The molecular formula is C67H63N11O9. The smallest absolute Gasteiger partial charge is 0.321 e. The largest absolute Gasteiger partial charge is 0.493 e. The van der Waals surface area contributed by atoms with Crippen LogP contribution in [0.2, 0.25) is 0 Å². The molecule has 87 heavy (non-hydrogen) atoms. The van der Waals surface area contributed by atoms with Crippen molar-refractivity contribution < 1.29 is 29.6 Å². The van der Waals surface area contributed by atoms with Crippen LogP contribution in [0.25, 0.3) is 83.5 Å². The maximum Gasteiger partial charge on any atom is 0.321 e. The quantitative estimate of drug-likeness (QED) is 0.0536. The number of hydrogen-bond donors (Lipinski definition) is 7. The number of β-amino-alcohol motifs (C(OH)–C–C–N with tert-alkyl or cyclic N) is 1. The van der Waals surface area contributed by atoms with Gasteiger partial charge in [0.05, 0.1) is 59.6 Å². The average Bonchev–Trinajstić information content (AvgIpc) is 1.87. The Hall–Kier alpha value is -10.7. The maximum absolute atomic E-state index is 12.6. The zero-order chi connectivity index (χ0) is 60.6. The molecule has 6 aromatic heterocycles. The van der Waals surface area contributed by atoms with Crippen LogP contribution in [0.1, 0.15) is 33.6 Å². The minimum Gasteiger partial charge on any atom is -0.493 e. The molecule has 440 valence electrons. The summed E-state index contributed by atoms with van der Waals surface area (Å²) in [6.45, 7) is 6.74. The first kappa shape index (κ1) is 58.1. The zero-order valence-corrected chi connectivity index (χ0v) is 47.9.